The highest BCUT2D eigenvalue weighted by molar-refractivity contribution is 5.71. The van der Waals surface area contributed by atoms with Crippen LogP contribution in [0.2, 0.25) is 0 Å². The summed E-state index contributed by atoms with van der Waals surface area (Å²) < 4.78 is 27.7. The molecule has 0 saturated heterocycles. The van der Waals surface area contributed by atoms with Gasteiger partial charge in [0.25, 0.3) is 0 Å². The van der Waals surface area contributed by atoms with Crippen LogP contribution in [0.25, 0.3) is 11.3 Å². The first kappa shape index (κ1) is 11.6. The molecule has 0 spiro atoms. The van der Waals surface area contributed by atoms with Crippen molar-refractivity contribution in [1.29, 1.82) is 0 Å². The molecule has 0 saturated carbocycles. The Morgan fingerprint density at radius 2 is 2.00 bits per heavy atom. The Labute approximate surface area is 97.9 Å². The summed E-state index contributed by atoms with van der Waals surface area (Å²) in [5.74, 6) is -0.514. The molecule has 0 aliphatic carbocycles. The molecule has 0 aliphatic rings. The lowest BCUT2D eigenvalue weighted by Gasteiger charge is -2.01. The van der Waals surface area contributed by atoms with Crippen molar-refractivity contribution < 1.29 is 8.78 Å². The normalized spacial score (nSPS) is 10.8. The van der Waals surface area contributed by atoms with Crippen LogP contribution in [0, 0.1) is 11.6 Å². The smallest absolute Gasteiger partial charge is 0.159 e. The monoisotopic (exact) mass is 237 g/mol. The third kappa shape index (κ3) is 1.88. The maximum atomic E-state index is 13.1. The van der Waals surface area contributed by atoms with Crippen LogP contribution in [0.15, 0.2) is 18.2 Å². The summed E-state index contributed by atoms with van der Waals surface area (Å²) in [7, 11) is 1.80. The Hall–Kier alpha value is -1.91. The maximum absolute atomic E-state index is 13.1. The highest BCUT2D eigenvalue weighted by atomic mass is 19.2. The van der Waals surface area contributed by atoms with Gasteiger partial charge in [-0.1, -0.05) is 6.92 Å². The molecule has 5 heteroatoms. The van der Waals surface area contributed by atoms with Gasteiger partial charge < -0.3 is 10.3 Å². The van der Waals surface area contributed by atoms with Gasteiger partial charge in [-0.25, -0.2) is 13.8 Å². The molecule has 0 atom stereocenters. The molecule has 0 fully saturated rings. The van der Waals surface area contributed by atoms with Gasteiger partial charge in [-0.2, -0.15) is 0 Å². The van der Waals surface area contributed by atoms with Crippen LogP contribution in [0.1, 0.15) is 12.7 Å². The number of nitrogens with two attached hydrogens (primary N) is 1. The average molecular weight is 237 g/mol. The zero-order valence-corrected chi connectivity index (χ0v) is 9.67. The van der Waals surface area contributed by atoms with Gasteiger partial charge in [-0.3, -0.25) is 0 Å². The average Bonchev–Trinajstić information content (AvgIpc) is 2.60. The lowest BCUT2D eigenvalue weighted by atomic mass is 10.1. The molecule has 0 amide bonds. The predicted molar refractivity (Wildman–Crippen MR) is 62.4 cm³/mol. The molecule has 1 aromatic carbocycles. The lowest BCUT2D eigenvalue weighted by Crippen LogP contribution is -2.00. The topological polar surface area (TPSA) is 43.8 Å². The zero-order chi connectivity index (χ0) is 12.6. The standard InChI is InChI=1S/C12H13F2N3/c1-3-10-16-11(12(15)17(10)2)7-4-5-8(13)9(14)6-7/h4-6H,3,15H2,1-2H3. The van der Waals surface area contributed by atoms with E-state index in [-0.39, 0.29) is 0 Å². The van der Waals surface area contributed by atoms with Gasteiger partial charge in [0.2, 0.25) is 0 Å². The number of hydrogen-bond acceptors (Lipinski definition) is 2. The van der Waals surface area contributed by atoms with E-state index in [1.54, 1.807) is 11.6 Å². The highest BCUT2D eigenvalue weighted by Crippen LogP contribution is 2.26. The summed E-state index contributed by atoms with van der Waals surface area (Å²) in [5.41, 5.74) is 6.86. The highest BCUT2D eigenvalue weighted by Gasteiger charge is 2.14. The second-order valence-electron chi connectivity index (χ2n) is 3.80. The fourth-order valence-corrected chi connectivity index (χ4v) is 1.73. The molecule has 0 bridgehead atoms. The van der Waals surface area contributed by atoms with Gasteiger partial charge >= 0.3 is 0 Å². The van der Waals surface area contributed by atoms with Crippen LogP contribution in [-0.2, 0) is 13.5 Å². The van der Waals surface area contributed by atoms with E-state index in [2.05, 4.69) is 4.98 Å². The van der Waals surface area contributed by atoms with E-state index in [4.69, 9.17) is 5.73 Å². The molecule has 0 radical (unpaired) electrons. The number of anilines is 1. The molecule has 2 aromatic rings. The Morgan fingerprint density at radius 1 is 1.29 bits per heavy atom. The van der Waals surface area contributed by atoms with E-state index in [0.717, 1.165) is 24.4 Å². The van der Waals surface area contributed by atoms with Crippen molar-refractivity contribution in [2.24, 2.45) is 7.05 Å². The number of halogens is 2. The number of benzene rings is 1. The van der Waals surface area contributed by atoms with Crippen LogP contribution in [0.3, 0.4) is 0 Å². The summed E-state index contributed by atoms with van der Waals surface area (Å²) in [6.45, 7) is 1.96. The van der Waals surface area contributed by atoms with E-state index in [0.29, 0.717) is 17.1 Å². The van der Waals surface area contributed by atoms with Gasteiger partial charge in [0.15, 0.2) is 11.6 Å². The summed E-state index contributed by atoms with van der Waals surface area (Å²) in [5, 5.41) is 0. The largest absolute Gasteiger partial charge is 0.383 e. The van der Waals surface area contributed by atoms with E-state index < -0.39 is 11.6 Å². The number of aromatic nitrogens is 2. The summed E-state index contributed by atoms with van der Waals surface area (Å²) >= 11 is 0. The Morgan fingerprint density at radius 3 is 2.53 bits per heavy atom. The number of nitrogens with zero attached hydrogens (tertiary/aromatic N) is 2. The fourth-order valence-electron chi connectivity index (χ4n) is 1.73. The number of aryl methyl sites for hydroxylation is 1. The zero-order valence-electron chi connectivity index (χ0n) is 9.67. The van der Waals surface area contributed by atoms with Crippen molar-refractivity contribution in [3.8, 4) is 11.3 Å². The molecule has 3 nitrogen and oxygen atoms in total. The van der Waals surface area contributed by atoms with Crippen molar-refractivity contribution in [3.63, 3.8) is 0 Å². The number of rotatable bonds is 2. The Balaban J connectivity index is 2.56. The van der Waals surface area contributed by atoms with Gasteiger partial charge in [0.1, 0.15) is 17.3 Å². The molecular weight excluding hydrogens is 224 g/mol. The van der Waals surface area contributed by atoms with Gasteiger partial charge in [0.05, 0.1) is 0 Å². The van der Waals surface area contributed by atoms with Gasteiger partial charge in [-0.05, 0) is 18.2 Å². The van der Waals surface area contributed by atoms with Gasteiger partial charge in [0, 0.05) is 19.0 Å². The second-order valence-corrected chi connectivity index (χ2v) is 3.80. The Kier molecular flexibility index (Phi) is 2.83. The molecule has 0 aliphatic heterocycles. The van der Waals surface area contributed by atoms with Gasteiger partial charge in [-0.15, -0.1) is 0 Å². The molecule has 90 valence electrons. The van der Waals surface area contributed by atoms with Crippen LogP contribution < -0.4 is 5.73 Å². The molecule has 2 N–H and O–H groups in total. The summed E-state index contributed by atoms with van der Waals surface area (Å²) in [6.07, 6.45) is 0.727. The first-order valence-electron chi connectivity index (χ1n) is 5.31. The fraction of sp³-hybridized carbons (Fsp3) is 0.250. The third-order valence-corrected chi connectivity index (χ3v) is 2.74. The minimum Gasteiger partial charge on any atom is -0.383 e. The lowest BCUT2D eigenvalue weighted by molar-refractivity contribution is 0.509. The molecule has 2 rings (SSSR count). The van der Waals surface area contributed by atoms with Crippen LogP contribution in [-0.4, -0.2) is 9.55 Å². The Bertz CT molecular complexity index is 561. The molecule has 1 heterocycles. The van der Waals surface area contributed by atoms with E-state index in [1.165, 1.54) is 6.07 Å². The quantitative estimate of drug-likeness (QED) is 0.872. The maximum Gasteiger partial charge on any atom is 0.159 e. The van der Waals surface area contributed by atoms with Crippen LogP contribution in [0.4, 0.5) is 14.6 Å². The number of imidazole rings is 1. The van der Waals surface area contributed by atoms with Crippen molar-refractivity contribution >= 4 is 5.82 Å². The molecule has 1 aromatic heterocycles. The first-order chi connectivity index (χ1) is 8.04. The van der Waals surface area contributed by atoms with Crippen molar-refractivity contribution in [2.75, 3.05) is 5.73 Å². The summed E-state index contributed by atoms with van der Waals surface area (Å²) in [4.78, 5) is 4.32. The number of hydrogen-bond donors (Lipinski definition) is 1. The summed E-state index contributed by atoms with van der Waals surface area (Å²) in [6, 6.07) is 3.65. The van der Waals surface area contributed by atoms with Crippen LogP contribution in [0.5, 0.6) is 0 Å². The molecule has 0 unspecified atom stereocenters. The van der Waals surface area contributed by atoms with Crippen molar-refractivity contribution in [2.45, 2.75) is 13.3 Å². The van der Waals surface area contributed by atoms with Crippen LogP contribution >= 0.6 is 0 Å². The van der Waals surface area contributed by atoms with E-state index in [9.17, 15) is 8.78 Å². The minimum absolute atomic E-state index is 0.452. The first-order valence-corrected chi connectivity index (χ1v) is 5.31. The second kappa shape index (κ2) is 4.16. The van der Waals surface area contributed by atoms with E-state index >= 15 is 0 Å². The minimum atomic E-state index is -0.898. The third-order valence-electron chi connectivity index (χ3n) is 2.74. The van der Waals surface area contributed by atoms with E-state index in [1.807, 2.05) is 6.92 Å². The van der Waals surface area contributed by atoms with Crippen molar-refractivity contribution in [1.82, 2.24) is 9.55 Å². The predicted octanol–water partition coefficient (Wildman–Crippen LogP) is 2.51. The molecule has 17 heavy (non-hydrogen) atoms. The number of nitrogen functional groups attached to an aromatic ring is 1. The SMILES string of the molecule is CCc1nc(-c2ccc(F)c(F)c2)c(N)n1C. The van der Waals surface area contributed by atoms with Crippen molar-refractivity contribution in [3.05, 3.63) is 35.7 Å². The molecular formula is C12H13F2N3.